The molecule has 0 bridgehead atoms. The lowest BCUT2D eigenvalue weighted by Gasteiger charge is -2.39. The molecule has 5 rings (SSSR count). The van der Waals surface area contributed by atoms with Crippen molar-refractivity contribution in [2.75, 3.05) is 18.0 Å². The summed E-state index contributed by atoms with van der Waals surface area (Å²) in [5.74, 6) is 0.163. The molecule has 2 atom stereocenters. The van der Waals surface area contributed by atoms with E-state index < -0.39 is 11.7 Å². The second-order valence-corrected chi connectivity index (χ2v) is 9.05. The van der Waals surface area contributed by atoms with Crippen LogP contribution in [0.1, 0.15) is 35.1 Å². The lowest BCUT2D eigenvalue weighted by Crippen LogP contribution is -2.39. The molecule has 1 N–H and O–H groups in total. The second kappa shape index (κ2) is 9.34. The van der Waals surface area contributed by atoms with Crippen molar-refractivity contribution in [2.45, 2.75) is 24.4 Å². The Hall–Kier alpha value is -3.39. The van der Waals surface area contributed by atoms with Crippen molar-refractivity contribution in [1.82, 2.24) is 15.2 Å². The number of nitrogens with one attached hydrogen (secondary N) is 1. The van der Waals surface area contributed by atoms with Gasteiger partial charge in [0.15, 0.2) is 0 Å². The monoisotopic (exact) mass is 500 g/mol. The minimum Gasteiger partial charge on any atom is -0.356 e. The van der Waals surface area contributed by atoms with E-state index in [2.05, 4.69) is 15.2 Å². The predicted molar refractivity (Wildman–Crippen MR) is 127 cm³/mol. The number of nitrogens with zero attached hydrogens (tertiary/aromatic N) is 3. The van der Waals surface area contributed by atoms with Gasteiger partial charge < -0.3 is 4.90 Å². The summed E-state index contributed by atoms with van der Waals surface area (Å²) in [4.78, 5) is 6.05. The first-order valence-corrected chi connectivity index (χ1v) is 11.5. The number of aromatic amines is 1. The Morgan fingerprint density at radius 1 is 0.943 bits per heavy atom. The fourth-order valence-electron chi connectivity index (χ4n) is 4.62. The zero-order chi connectivity index (χ0) is 24.6. The highest BCUT2D eigenvalue weighted by Crippen LogP contribution is 2.41. The van der Waals surface area contributed by atoms with Gasteiger partial charge in [0.2, 0.25) is 0 Å². The molecule has 0 unspecified atom stereocenters. The number of hydrogen-bond donors (Lipinski definition) is 1. The van der Waals surface area contributed by atoms with Gasteiger partial charge in [-0.3, -0.25) is 5.10 Å². The summed E-state index contributed by atoms with van der Waals surface area (Å²) in [7, 11) is 0. The molecule has 0 spiro atoms. The van der Waals surface area contributed by atoms with Crippen LogP contribution in [0.5, 0.6) is 0 Å². The Morgan fingerprint density at radius 2 is 1.69 bits per heavy atom. The summed E-state index contributed by atoms with van der Waals surface area (Å²) < 4.78 is 52.5. The number of piperidine rings is 1. The van der Waals surface area contributed by atoms with Crippen molar-refractivity contribution in [1.29, 1.82) is 0 Å². The molecule has 1 fully saturated rings. The van der Waals surface area contributed by atoms with Crippen LogP contribution in [0.25, 0.3) is 11.3 Å². The number of pyridine rings is 1. The van der Waals surface area contributed by atoms with Crippen LogP contribution in [0.15, 0.2) is 72.9 Å². The number of H-pyrrole nitrogens is 1. The van der Waals surface area contributed by atoms with E-state index in [0.717, 1.165) is 34.8 Å². The molecule has 1 saturated heterocycles. The van der Waals surface area contributed by atoms with Crippen molar-refractivity contribution in [3.05, 3.63) is 101 Å². The van der Waals surface area contributed by atoms with E-state index in [-0.39, 0.29) is 17.7 Å². The fourth-order valence-corrected chi connectivity index (χ4v) is 4.74. The molecular formula is C26H21ClF4N4. The smallest absolute Gasteiger partial charge is 0.356 e. The summed E-state index contributed by atoms with van der Waals surface area (Å²) in [6.45, 7) is 1.12. The number of rotatable bonds is 4. The average molecular weight is 501 g/mol. The van der Waals surface area contributed by atoms with Crippen LogP contribution >= 0.6 is 11.6 Å². The summed E-state index contributed by atoms with van der Waals surface area (Å²) in [5.41, 5.74) is 2.83. The van der Waals surface area contributed by atoms with E-state index in [1.807, 2.05) is 35.2 Å². The van der Waals surface area contributed by atoms with Crippen LogP contribution in [0, 0.1) is 5.82 Å². The quantitative estimate of drug-likeness (QED) is 0.305. The highest BCUT2D eigenvalue weighted by Gasteiger charge is 2.34. The van der Waals surface area contributed by atoms with Gasteiger partial charge in [-0.2, -0.15) is 18.3 Å². The highest BCUT2D eigenvalue weighted by atomic mass is 35.5. The zero-order valence-corrected chi connectivity index (χ0v) is 19.2. The topological polar surface area (TPSA) is 44.8 Å². The number of halogens is 5. The number of benzene rings is 2. The Labute approximate surface area is 204 Å². The van der Waals surface area contributed by atoms with Crippen LogP contribution in [-0.4, -0.2) is 28.3 Å². The Morgan fingerprint density at radius 3 is 2.34 bits per heavy atom. The van der Waals surface area contributed by atoms with Gasteiger partial charge >= 0.3 is 6.18 Å². The minimum atomic E-state index is -4.43. The maximum Gasteiger partial charge on any atom is 0.417 e. The summed E-state index contributed by atoms with van der Waals surface area (Å²) >= 11 is 6.00. The first-order chi connectivity index (χ1) is 16.8. The van der Waals surface area contributed by atoms with Crippen LogP contribution in [0.4, 0.5) is 23.4 Å². The molecule has 35 heavy (non-hydrogen) atoms. The molecule has 0 radical (unpaired) electrons. The average Bonchev–Trinajstić information content (AvgIpc) is 3.34. The molecule has 1 aliphatic heterocycles. The molecule has 2 aromatic carbocycles. The molecule has 2 aromatic heterocycles. The summed E-state index contributed by atoms with van der Waals surface area (Å²) in [6, 6.07) is 18.2. The van der Waals surface area contributed by atoms with Gasteiger partial charge in [0.05, 0.1) is 11.3 Å². The number of anilines is 1. The third-order valence-corrected chi connectivity index (χ3v) is 6.70. The van der Waals surface area contributed by atoms with E-state index in [0.29, 0.717) is 30.4 Å². The first kappa shape index (κ1) is 23.4. The Balaban J connectivity index is 1.43. The molecule has 180 valence electrons. The molecule has 0 saturated carbocycles. The van der Waals surface area contributed by atoms with Gasteiger partial charge in [0, 0.05) is 47.4 Å². The standard InChI is InChI=1S/C26H21ClF4N4/c27-19-6-1-17(2-7-19)23-13-24(34-33-23)21-11-12-35(15-22(21)16-3-8-20(28)9-4-16)25-10-5-18(14-32-25)26(29,30)31/h1-10,13-14,21-22H,11-12,15H2,(H,33,34)/t21-,22+/m1/s1. The van der Waals surface area contributed by atoms with Crippen molar-refractivity contribution in [3.8, 4) is 11.3 Å². The van der Waals surface area contributed by atoms with Crippen molar-refractivity contribution in [2.24, 2.45) is 0 Å². The first-order valence-electron chi connectivity index (χ1n) is 11.1. The summed E-state index contributed by atoms with van der Waals surface area (Å²) in [6.07, 6.45) is -2.85. The molecule has 4 nitrogen and oxygen atoms in total. The van der Waals surface area contributed by atoms with E-state index in [1.165, 1.54) is 18.2 Å². The fraction of sp³-hybridized carbons (Fsp3) is 0.231. The lowest BCUT2D eigenvalue weighted by atomic mass is 9.78. The third-order valence-electron chi connectivity index (χ3n) is 6.45. The highest BCUT2D eigenvalue weighted by molar-refractivity contribution is 6.30. The third kappa shape index (κ3) is 5.03. The predicted octanol–water partition coefficient (Wildman–Crippen LogP) is 7.06. The number of alkyl halides is 3. The SMILES string of the molecule is Fc1ccc([C@@H]2CN(c3ccc(C(F)(F)F)cn3)CC[C@H]2c2cc(-c3ccc(Cl)cc3)n[nH]2)cc1. The molecule has 9 heteroatoms. The van der Waals surface area contributed by atoms with Gasteiger partial charge in [-0.25, -0.2) is 9.37 Å². The Bertz CT molecular complexity index is 1280. The van der Waals surface area contributed by atoms with E-state index in [1.54, 1.807) is 12.1 Å². The second-order valence-electron chi connectivity index (χ2n) is 8.62. The molecule has 1 aliphatic rings. The summed E-state index contributed by atoms with van der Waals surface area (Å²) in [5, 5.41) is 8.29. The number of aromatic nitrogens is 3. The maximum absolute atomic E-state index is 13.6. The molecular weight excluding hydrogens is 480 g/mol. The van der Waals surface area contributed by atoms with Gasteiger partial charge in [0.25, 0.3) is 0 Å². The van der Waals surface area contributed by atoms with Crippen molar-refractivity contribution in [3.63, 3.8) is 0 Å². The minimum absolute atomic E-state index is 0.0491. The van der Waals surface area contributed by atoms with Crippen LogP contribution in [0.2, 0.25) is 5.02 Å². The number of hydrogen-bond acceptors (Lipinski definition) is 3. The van der Waals surface area contributed by atoms with E-state index in [9.17, 15) is 17.6 Å². The van der Waals surface area contributed by atoms with Gasteiger partial charge in [-0.15, -0.1) is 0 Å². The zero-order valence-electron chi connectivity index (χ0n) is 18.4. The van der Waals surface area contributed by atoms with Gasteiger partial charge in [-0.1, -0.05) is 35.9 Å². The van der Waals surface area contributed by atoms with Crippen LogP contribution in [-0.2, 0) is 6.18 Å². The van der Waals surface area contributed by atoms with Crippen molar-refractivity contribution >= 4 is 17.4 Å². The largest absolute Gasteiger partial charge is 0.417 e. The Kier molecular flexibility index (Phi) is 6.23. The van der Waals surface area contributed by atoms with Gasteiger partial charge in [-0.05, 0) is 54.4 Å². The maximum atomic E-state index is 13.6. The molecule has 3 heterocycles. The van der Waals surface area contributed by atoms with Crippen LogP contribution < -0.4 is 4.90 Å². The lowest BCUT2D eigenvalue weighted by molar-refractivity contribution is -0.137. The normalized spacial score (nSPS) is 18.6. The van der Waals surface area contributed by atoms with Crippen LogP contribution in [0.3, 0.4) is 0 Å². The van der Waals surface area contributed by atoms with Gasteiger partial charge in [0.1, 0.15) is 11.6 Å². The van der Waals surface area contributed by atoms with E-state index in [4.69, 9.17) is 11.6 Å². The molecule has 4 aromatic rings. The molecule has 0 aliphatic carbocycles. The molecule has 0 amide bonds. The van der Waals surface area contributed by atoms with Crippen molar-refractivity contribution < 1.29 is 17.6 Å². The van der Waals surface area contributed by atoms with E-state index >= 15 is 0 Å².